The average molecular weight is 261 g/mol. The molecule has 0 aliphatic heterocycles. The van der Waals surface area contributed by atoms with Crippen LogP contribution in [0.2, 0.25) is 10.0 Å². The van der Waals surface area contributed by atoms with E-state index in [1.54, 1.807) is 17.4 Å². The minimum Gasteiger partial charge on any atom is -0.361 e. The molecule has 80 valence electrons. The second-order valence-corrected chi connectivity index (χ2v) is 5.02. The van der Waals surface area contributed by atoms with Crippen LogP contribution in [-0.2, 0) is 0 Å². The lowest BCUT2D eigenvalue weighted by Gasteiger charge is -1.95. The van der Waals surface area contributed by atoms with Gasteiger partial charge in [0, 0.05) is 6.54 Å². The highest BCUT2D eigenvalue weighted by Crippen LogP contribution is 2.32. The quantitative estimate of drug-likeness (QED) is 0.884. The Balaban J connectivity index is 2.38. The molecule has 0 fully saturated rings. The molecule has 0 radical (unpaired) electrons. The van der Waals surface area contributed by atoms with Gasteiger partial charge in [-0.15, -0.1) is 0 Å². The van der Waals surface area contributed by atoms with Crippen molar-refractivity contribution in [3.8, 4) is 0 Å². The third-order valence-electron chi connectivity index (χ3n) is 1.96. The number of hydrogen-bond acceptors (Lipinski definition) is 3. The lowest BCUT2D eigenvalue weighted by Crippen LogP contribution is -1.98. The SMILES string of the molecule is CCCNc1nc2cc(Cl)c(Cl)cc2s1. The van der Waals surface area contributed by atoms with Gasteiger partial charge in [-0.1, -0.05) is 41.5 Å². The van der Waals surface area contributed by atoms with E-state index >= 15 is 0 Å². The van der Waals surface area contributed by atoms with Gasteiger partial charge in [0.25, 0.3) is 0 Å². The molecule has 0 atom stereocenters. The first kappa shape index (κ1) is 11.0. The number of nitrogens with one attached hydrogen (secondary N) is 1. The van der Waals surface area contributed by atoms with E-state index in [1.807, 2.05) is 6.07 Å². The summed E-state index contributed by atoms with van der Waals surface area (Å²) in [5.74, 6) is 0. The van der Waals surface area contributed by atoms with Crippen LogP contribution in [0.1, 0.15) is 13.3 Å². The molecular weight excluding hydrogens is 251 g/mol. The van der Waals surface area contributed by atoms with E-state index in [0.29, 0.717) is 10.0 Å². The number of thiazole rings is 1. The number of hydrogen-bond donors (Lipinski definition) is 1. The van der Waals surface area contributed by atoms with Gasteiger partial charge in [-0.3, -0.25) is 0 Å². The zero-order valence-corrected chi connectivity index (χ0v) is 10.5. The van der Waals surface area contributed by atoms with E-state index in [-0.39, 0.29) is 0 Å². The number of rotatable bonds is 3. The molecule has 0 saturated carbocycles. The third kappa shape index (κ3) is 2.36. The molecule has 2 aromatic rings. The van der Waals surface area contributed by atoms with Crippen LogP contribution in [0, 0.1) is 0 Å². The number of fused-ring (bicyclic) bond motifs is 1. The summed E-state index contributed by atoms with van der Waals surface area (Å²) >= 11 is 13.4. The maximum atomic E-state index is 5.93. The second kappa shape index (κ2) is 4.56. The molecule has 2 nitrogen and oxygen atoms in total. The van der Waals surface area contributed by atoms with Crippen LogP contribution >= 0.6 is 34.5 Å². The first-order chi connectivity index (χ1) is 7.20. The van der Waals surface area contributed by atoms with Crippen LogP contribution in [0.3, 0.4) is 0 Å². The van der Waals surface area contributed by atoms with Crippen LogP contribution in [0.15, 0.2) is 12.1 Å². The minimum atomic E-state index is 0.552. The molecule has 15 heavy (non-hydrogen) atoms. The van der Waals surface area contributed by atoms with Crippen LogP contribution in [0.25, 0.3) is 10.2 Å². The zero-order chi connectivity index (χ0) is 10.8. The number of nitrogens with zero attached hydrogens (tertiary/aromatic N) is 1. The fourth-order valence-corrected chi connectivity index (χ4v) is 2.53. The van der Waals surface area contributed by atoms with E-state index in [0.717, 1.165) is 28.3 Å². The molecule has 1 aromatic carbocycles. The van der Waals surface area contributed by atoms with Gasteiger partial charge < -0.3 is 5.32 Å². The summed E-state index contributed by atoms with van der Waals surface area (Å²) in [5.41, 5.74) is 0.896. The molecule has 0 bridgehead atoms. The standard InChI is InChI=1S/C10H10Cl2N2S/c1-2-3-13-10-14-8-4-6(11)7(12)5-9(8)15-10/h4-5H,2-3H2,1H3,(H,13,14). The number of anilines is 1. The van der Waals surface area contributed by atoms with Crippen molar-refractivity contribution in [2.24, 2.45) is 0 Å². The lowest BCUT2D eigenvalue weighted by molar-refractivity contribution is 0.977. The Labute approximate surface area is 102 Å². The monoisotopic (exact) mass is 260 g/mol. The topological polar surface area (TPSA) is 24.9 Å². The Hall–Kier alpha value is -0.510. The highest BCUT2D eigenvalue weighted by molar-refractivity contribution is 7.22. The third-order valence-corrected chi connectivity index (χ3v) is 3.65. The maximum absolute atomic E-state index is 5.93. The van der Waals surface area contributed by atoms with Gasteiger partial charge in [0.1, 0.15) is 0 Å². The smallest absolute Gasteiger partial charge is 0.183 e. The van der Waals surface area contributed by atoms with Crippen molar-refractivity contribution < 1.29 is 0 Å². The Kier molecular flexibility index (Phi) is 3.34. The minimum absolute atomic E-state index is 0.552. The maximum Gasteiger partial charge on any atom is 0.183 e. The van der Waals surface area contributed by atoms with Crippen molar-refractivity contribution in [2.45, 2.75) is 13.3 Å². The fraction of sp³-hybridized carbons (Fsp3) is 0.300. The first-order valence-corrected chi connectivity index (χ1v) is 6.27. The summed E-state index contributed by atoms with van der Waals surface area (Å²) in [4.78, 5) is 4.42. The Morgan fingerprint density at radius 3 is 2.80 bits per heavy atom. The van der Waals surface area contributed by atoms with Crippen molar-refractivity contribution in [2.75, 3.05) is 11.9 Å². The molecule has 0 unspecified atom stereocenters. The largest absolute Gasteiger partial charge is 0.361 e. The van der Waals surface area contributed by atoms with Crippen molar-refractivity contribution in [3.63, 3.8) is 0 Å². The predicted octanol–water partition coefficient (Wildman–Crippen LogP) is 4.43. The summed E-state index contributed by atoms with van der Waals surface area (Å²) in [6.45, 7) is 3.05. The molecule has 1 aromatic heterocycles. The number of halogens is 2. The van der Waals surface area contributed by atoms with Crippen LogP contribution in [0.5, 0.6) is 0 Å². The Morgan fingerprint density at radius 2 is 2.07 bits per heavy atom. The van der Waals surface area contributed by atoms with Crippen LogP contribution < -0.4 is 5.32 Å². The normalized spacial score (nSPS) is 10.9. The van der Waals surface area contributed by atoms with E-state index in [2.05, 4.69) is 17.2 Å². The van der Waals surface area contributed by atoms with Gasteiger partial charge in [0.2, 0.25) is 0 Å². The molecule has 0 aliphatic rings. The van der Waals surface area contributed by atoms with Crippen molar-refractivity contribution in [3.05, 3.63) is 22.2 Å². The van der Waals surface area contributed by atoms with Crippen LogP contribution in [-0.4, -0.2) is 11.5 Å². The summed E-state index contributed by atoms with van der Waals surface area (Å²) < 4.78 is 1.06. The number of benzene rings is 1. The summed E-state index contributed by atoms with van der Waals surface area (Å²) in [6, 6.07) is 3.65. The molecule has 1 heterocycles. The van der Waals surface area contributed by atoms with Crippen molar-refractivity contribution in [1.29, 1.82) is 0 Å². The lowest BCUT2D eigenvalue weighted by atomic mass is 10.3. The van der Waals surface area contributed by atoms with Crippen molar-refractivity contribution >= 4 is 49.9 Å². The van der Waals surface area contributed by atoms with Gasteiger partial charge in [-0.25, -0.2) is 4.98 Å². The molecule has 1 N–H and O–H groups in total. The molecule has 2 rings (SSSR count). The summed E-state index contributed by atoms with van der Waals surface area (Å²) in [7, 11) is 0. The zero-order valence-electron chi connectivity index (χ0n) is 8.18. The van der Waals surface area contributed by atoms with Gasteiger partial charge in [0.05, 0.1) is 20.3 Å². The average Bonchev–Trinajstić information content (AvgIpc) is 2.58. The molecular formula is C10H10Cl2N2S. The molecule has 0 spiro atoms. The fourth-order valence-electron chi connectivity index (χ4n) is 1.23. The van der Waals surface area contributed by atoms with Crippen molar-refractivity contribution in [1.82, 2.24) is 4.98 Å². The summed E-state index contributed by atoms with van der Waals surface area (Å²) in [6.07, 6.45) is 1.08. The second-order valence-electron chi connectivity index (χ2n) is 3.18. The molecule has 0 saturated heterocycles. The summed E-state index contributed by atoms with van der Waals surface area (Å²) in [5, 5.41) is 5.30. The van der Waals surface area contributed by atoms with Gasteiger partial charge in [-0.05, 0) is 18.6 Å². The van der Waals surface area contributed by atoms with Gasteiger partial charge in [0.15, 0.2) is 5.13 Å². The predicted molar refractivity (Wildman–Crippen MR) is 68.4 cm³/mol. The van der Waals surface area contributed by atoms with E-state index < -0.39 is 0 Å². The Morgan fingerprint density at radius 1 is 1.33 bits per heavy atom. The number of aromatic nitrogens is 1. The van der Waals surface area contributed by atoms with Gasteiger partial charge >= 0.3 is 0 Å². The first-order valence-electron chi connectivity index (χ1n) is 4.70. The highest BCUT2D eigenvalue weighted by Gasteiger charge is 2.06. The molecule has 5 heteroatoms. The molecule has 0 aliphatic carbocycles. The molecule has 0 amide bonds. The Bertz CT molecular complexity index is 442. The van der Waals surface area contributed by atoms with E-state index in [9.17, 15) is 0 Å². The van der Waals surface area contributed by atoms with Crippen LogP contribution in [0.4, 0.5) is 5.13 Å². The van der Waals surface area contributed by atoms with E-state index in [1.165, 1.54) is 0 Å². The van der Waals surface area contributed by atoms with Gasteiger partial charge in [-0.2, -0.15) is 0 Å². The highest BCUT2D eigenvalue weighted by atomic mass is 35.5. The van der Waals surface area contributed by atoms with E-state index in [4.69, 9.17) is 23.2 Å².